The molecule has 0 saturated carbocycles. The molecular formula is C18H20O3. The smallest absolute Gasteiger partial charge is 0.344 e. The highest BCUT2D eigenvalue weighted by molar-refractivity contribution is 5.72. The van der Waals surface area contributed by atoms with Crippen LogP contribution in [0.2, 0.25) is 0 Å². The van der Waals surface area contributed by atoms with Crippen LogP contribution in [0, 0.1) is 12.3 Å². The maximum Gasteiger partial charge on any atom is 0.344 e. The van der Waals surface area contributed by atoms with Gasteiger partial charge < -0.3 is 9.84 Å². The van der Waals surface area contributed by atoms with E-state index in [9.17, 15) is 9.90 Å². The molecule has 1 N–H and O–H groups in total. The number of carboxylic acid groups (broad SMARTS) is 1. The van der Waals surface area contributed by atoms with E-state index in [2.05, 4.69) is 12.0 Å². The summed E-state index contributed by atoms with van der Waals surface area (Å²) in [4.78, 5) is 11.3. The second-order valence-corrected chi connectivity index (χ2v) is 5.26. The van der Waals surface area contributed by atoms with E-state index in [-0.39, 0.29) is 0 Å². The van der Waals surface area contributed by atoms with Crippen molar-refractivity contribution in [3.8, 4) is 18.1 Å². The van der Waals surface area contributed by atoms with Crippen molar-refractivity contribution >= 4 is 5.97 Å². The molecule has 2 rings (SSSR count). The van der Waals surface area contributed by atoms with Gasteiger partial charge in [-0.25, -0.2) is 4.79 Å². The Morgan fingerprint density at radius 2 is 2.29 bits per heavy atom. The number of aliphatic carboxylic acids is 1. The highest BCUT2D eigenvalue weighted by Crippen LogP contribution is 2.23. The summed E-state index contributed by atoms with van der Waals surface area (Å²) < 4.78 is 5.59. The minimum Gasteiger partial charge on any atom is -0.479 e. The Balaban J connectivity index is 1.97. The van der Waals surface area contributed by atoms with Gasteiger partial charge in [0.25, 0.3) is 0 Å². The Morgan fingerprint density at radius 3 is 2.95 bits per heavy atom. The average molecular weight is 284 g/mol. The van der Waals surface area contributed by atoms with E-state index < -0.39 is 12.1 Å². The van der Waals surface area contributed by atoms with Gasteiger partial charge in [0, 0.05) is 5.56 Å². The van der Waals surface area contributed by atoms with Crippen molar-refractivity contribution in [2.24, 2.45) is 0 Å². The number of benzene rings is 1. The fourth-order valence-electron chi connectivity index (χ4n) is 2.50. The molecule has 3 nitrogen and oxygen atoms in total. The first-order valence-electron chi connectivity index (χ1n) is 7.33. The first-order valence-corrected chi connectivity index (χ1v) is 7.33. The van der Waals surface area contributed by atoms with E-state index in [0.717, 1.165) is 19.3 Å². The van der Waals surface area contributed by atoms with Crippen LogP contribution >= 0.6 is 0 Å². The van der Waals surface area contributed by atoms with Crippen molar-refractivity contribution in [3.63, 3.8) is 0 Å². The summed E-state index contributed by atoms with van der Waals surface area (Å²) >= 11 is 0. The fraction of sp³-hybridized carbons (Fsp3) is 0.389. The number of hydrogen-bond acceptors (Lipinski definition) is 2. The first-order chi connectivity index (χ1) is 10.2. The predicted octanol–water partition coefficient (Wildman–Crippen LogP) is 3.78. The van der Waals surface area contributed by atoms with E-state index in [1.165, 1.54) is 18.4 Å². The van der Waals surface area contributed by atoms with Crippen molar-refractivity contribution in [1.29, 1.82) is 0 Å². The molecule has 0 amide bonds. The largest absolute Gasteiger partial charge is 0.479 e. The lowest BCUT2D eigenvalue weighted by Gasteiger charge is -2.18. The van der Waals surface area contributed by atoms with Crippen molar-refractivity contribution in [2.45, 2.75) is 44.6 Å². The summed E-state index contributed by atoms with van der Waals surface area (Å²) in [6.45, 7) is 0. The summed E-state index contributed by atoms with van der Waals surface area (Å²) in [5, 5.41) is 9.31. The van der Waals surface area contributed by atoms with Gasteiger partial charge >= 0.3 is 5.97 Å². The monoisotopic (exact) mass is 284 g/mol. The number of ether oxygens (including phenoxy) is 1. The Kier molecular flexibility index (Phi) is 5.45. The molecule has 0 radical (unpaired) electrons. The highest BCUT2D eigenvalue weighted by Gasteiger charge is 2.20. The summed E-state index contributed by atoms with van der Waals surface area (Å²) in [5.41, 5.74) is 2.04. The van der Waals surface area contributed by atoms with Crippen LogP contribution in [-0.2, 0) is 4.79 Å². The van der Waals surface area contributed by atoms with Gasteiger partial charge in [-0.15, -0.1) is 6.42 Å². The Hall–Kier alpha value is -2.21. The number of terminal acetylenes is 1. The van der Waals surface area contributed by atoms with Crippen LogP contribution in [0.4, 0.5) is 0 Å². The van der Waals surface area contributed by atoms with E-state index in [0.29, 0.717) is 17.7 Å². The SMILES string of the molecule is C#Cc1cccc(OC(CCC2=CCCCC2)C(=O)O)c1. The summed E-state index contributed by atoms with van der Waals surface area (Å²) in [7, 11) is 0. The molecule has 1 aromatic rings. The molecule has 0 heterocycles. The number of carbonyl (C=O) groups is 1. The van der Waals surface area contributed by atoms with Crippen molar-refractivity contribution in [3.05, 3.63) is 41.5 Å². The van der Waals surface area contributed by atoms with E-state index in [1.807, 2.05) is 0 Å². The van der Waals surface area contributed by atoms with Gasteiger partial charge in [-0.3, -0.25) is 0 Å². The van der Waals surface area contributed by atoms with E-state index >= 15 is 0 Å². The second kappa shape index (κ2) is 7.54. The summed E-state index contributed by atoms with van der Waals surface area (Å²) in [6.07, 6.45) is 12.6. The molecule has 0 spiro atoms. The maximum absolute atomic E-state index is 11.3. The minimum absolute atomic E-state index is 0.488. The molecule has 110 valence electrons. The lowest BCUT2D eigenvalue weighted by atomic mass is 9.95. The molecule has 0 fully saturated rings. The molecule has 1 atom stereocenters. The predicted molar refractivity (Wildman–Crippen MR) is 82.2 cm³/mol. The molecule has 3 heteroatoms. The highest BCUT2D eigenvalue weighted by atomic mass is 16.5. The van der Waals surface area contributed by atoms with Gasteiger partial charge in [-0.2, -0.15) is 0 Å². The van der Waals surface area contributed by atoms with Gasteiger partial charge in [0.2, 0.25) is 0 Å². The lowest BCUT2D eigenvalue weighted by Crippen LogP contribution is -2.27. The molecule has 0 saturated heterocycles. The fourth-order valence-corrected chi connectivity index (χ4v) is 2.50. The first kappa shape index (κ1) is 15.2. The molecule has 1 aromatic carbocycles. The van der Waals surface area contributed by atoms with Gasteiger partial charge in [0.05, 0.1) is 0 Å². The van der Waals surface area contributed by atoms with Gasteiger partial charge in [0.15, 0.2) is 6.10 Å². The van der Waals surface area contributed by atoms with Gasteiger partial charge in [-0.05, 0) is 56.7 Å². The molecular weight excluding hydrogens is 264 g/mol. The molecule has 0 bridgehead atoms. The molecule has 0 aromatic heterocycles. The quantitative estimate of drug-likeness (QED) is 0.638. The van der Waals surface area contributed by atoms with Crippen molar-refractivity contribution in [1.82, 2.24) is 0 Å². The average Bonchev–Trinajstić information content (AvgIpc) is 2.52. The molecule has 0 aliphatic heterocycles. The second-order valence-electron chi connectivity index (χ2n) is 5.26. The van der Waals surface area contributed by atoms with E-state index in [1.54, 1.807) is 24.3 Å². The topological polar surface area (TPSA) is 46.5 Å². The third-order valence-corrected chi connectivity index (χ3v) is 3.67. The summed E-state index contributed by atoms with van der Waals surface area (Å²) in [6, 6.07) is 6.98. The normalized spacial score (nSPS) is 15.7. The zero-order chi connectivity index (χ0) is 15.1. The molecule has 1 aliphatic carbocycles. The number of hydrogen-bond donors (Lipinski definition) is 1. The number of rotatable bonds is 6. The minimum atomic E-state index is -0.933. The van der Waals surface area contributed by atoms with Crippen LogP contribution < -0.4 is 4.74 Å². The third kappa shape index (κ3) is 4.68. The molecule has 1 unspecified atom stereocenters. The Labute approximate surface area is 125 Å². The van der Waals surface area contributed by atoms with Crippen LogP contribution in [0.3, 0.4) is 0 Å². The molecule has 1 aliphatic rings. The standard InChI is InChI=1S/C18H20O3/c1-2-14-9-6-10-16(13-14)21-17(18(19)20)12-11-15-7-4-3-5-8-15/h1,6-7,9-10,13,17H,3-5,8,11-12H2,(H,19,20). The third-order valence-electron chi connectivity index (χ3n) is 3.67. The van der Waals surface area contributed by atoms with Crippen LogP contribution in [0.5, 0.6) is 5.75 Å². The Morgan fingerprint density at radius 1 is 1.43 bits per heavy atom. The van der Waals surface area contributed by atoms with Crippen LogP contribution in [0.1, 0.15) is 44.1 Å². The zero-order valence-corrected chi connectivity index (χ0v) is 12.0. The summed E-state index contributed by atoms with van der Waals surface area (Å²) in [5.74, 6) is 2.09. The van der Waals surface area contributed by atoms with Gasteiger partial charge in [-0.1, -0.05) is 23.6 Å². The van der Waals surface area contributed by atoms with Crippen molar-refractivity contribution < 1.29 is 14.6 Å². The number of allylic oxidation sites excluding steroid dienone is 2. The van der Waals surface area contributed by atoms with Gasteiger partial charge in [0.1, 0.15) is 5.75 Å². The zero-order valence-electron chi connectivity index (χ0n) is 12.0. The Bertz CT molecular complexity index is 566. The lowest BCUT2D eigenvalue weighted by molar-refractivity contribution is -0.145. The number of carboxylic acids is 1. The molecule has 21 heavy (non-hydrogen) atoms. The van der Waals surface area contributed by atoms with Crippen LogP contribution in [-0.4, -0.2) is 17.2 Å². The van der Waals surface area contributed by atoms with Crippen LogP contribution in [0.25, 0.3) is 0 Å². The van der Waals surface area contributed by atoms with Crippen molar-refractivity contribution in [2.75, 3.05) is 0 Å². The van der Waals surface area contributed by atoms with E-state index in [4.69, 9.17) is 11.2 Å². The van der Waals surface area contributed by atoms with Crippen LogP contribution in [0.15, 0.2) is 35.9 Å². The maximum atomic E-state index is 11.3.